The Morgan fingerprint density at radius 3 is 1.26 bits per heavy atom. The number of fused-ring (bicyclic) bond motifs is 14. The molecule has 0 N–H and O–H groups in total. The molecule has 16 aromatic rings. The monoisotopic (exact) mass is 968 g/mol. The summed E-state index contributed by atoms with van der Waals surface area (Å²) in [5.41, 5.74) is 18.6. The lowest BCUT2D eigenvalue weighted by atomic mass is 10.0. The lowest BCUT2D eigenvalue weighted by Gasteiger charge is -2.11. The van der Waals surface area contributed by atoms with E-state index in [-0.39, 0.29) is 0 Å². The Balaban J connectivity index is 0.976. The minimum Gasteiger partial charge on any atom is -0.309 e. The van der Waals surface area contributed by atoms with Crippen LogP contribution in [0.2, 0.25) is 0 Å². The number of rotatable bonds is 7. The standard InChI is InChI=1S/C70H44N6/c1-6-20-45(21-7-1)58-44-59(72-70(71-58)46-22-8-2-9-23-46)47-34-38-62-56(42-47)54-37-41-64-66(69(54)76(62)50-28-14-5-15-29-50)55-31-17-19-33-61(55)74(64)51-35-39-63-57(43-51)67-65(73(63)48-24-10-3-11-25-48)40-36-53-52-30-16-18-32-60(52)75(68(53)67)49-26-12-4-13-27-49/h1-44H. The van der Waals surface area contributed by atoms with E-state index in [0.29, 0.717) is 5.82 Å². The summed E-state index contributed by atoms with van der Waals surface area (Å²) in [6.45, 7) is 0. The van der Waals surface area contributed by atoms with Crippen LogP contribution in [0.5, 0.6) is 0 Å². The summed E-state index contributed by atoms with van der Waals surface area (Å²) < 4.78 is 9.86. The first-order chi connectivity index (χ1) is 37.7. The van der Waals surface area contributed by atoms with Crippen LogP contribution in [0.15, 0.2) is 267 Å². The van der Waals surface area contributed by atoms with E-state index >= 15 is 0 Å². The van der Waals surface area contributed by atoms with Crippen LogP contribution in [0.1, 0.15) is 0 Å². The van der Waals surface area contributed by atoms with Gasteiger partial charge >= 0.3 is 0 Å². The Morgan fingerprint density at radius 2 is 0.645 bits per heavy atom. The van der Waals surface area contributed by atoms with Crippen LogP contribution in [0.3, 0.4) is 0 Å². The van der Waals surface area contributed by atoms with Crippen molar-refractivity contribution < 1.29 is 0 Å². The Hall–Kier alpha value is -10.3. The molecular formula is C70H44N6. The van der Waals surface area contributed by atoms with Crippen LogP contribution >= 0.6 is 0 Å². The van der Waals surface area contributed by atoms with Gasteiger partial charge in [-0.1, -0.05) is 170 Å². The van der Waals surface area contributed by atoms with Gasteiger partial charge in [0.2, 0.25) is 0 Å². The van der Waals surface area contributed by atoms with Crippen molar-refractivity contribution in [3.8, 4) is 56.7 Å². The molecule has 0 aliphatic heterocycles. The number of nitrogens with zero attached hydrogens (tertiary/aromatic N) is 6. The third-order valence-corrected chi connectivity index (χ3v) is 15.5. The average Bonchev–Trinajstić information content (AvgIpc) is 4.40. The van der Waals surface area contributed by atoms with Crippen LogP contribution in [0.25, 0.3) is 144 Å². The molecule has 6 nitrogen and oxygen atoms in total. The molecule has 0 spiro atoms. The first kappa shape index (κ1) is 42.2. The fourth-order valence-corrected chi connectivity index (χ4v) is 12.3. The summed E-state index contributed by atoms with van der Waals surface area (Å²) in [7, 11) is 0. The van der Waals surface area contributed by atoms with E-state index in [2.05, 4.69) is 261 Å². The van der Waals surface area contributed by atoms with Gasteiger partial charge in [-0.15, -0.1) is 0 Å². The van der Waals surface area contributed by atoms with Gasteiger partial charge in [-0.2, -0.15) is 0 Å². The fraction of sp³-hybridized carbons (Fsp3) is 0. The normalized spacial score (nSPS) is 11.9. The van der Waals surface area contributed by atoms with Crippen LogP contribution in [0.4, 0.5) is 0 Å². The molecular weight excluding hydrogens is 925 g/mol. The van der Waals surface area contributed by atoms with Crippen LogP contribution in [-0.2, 0) is 0 Å². The molecule has 0 saturated heterocycles. The van der Waals surface area contributed by atoms with Crippen LogP contribution < -0.4 is 0 Å². The van der Waals surface area contributed by atoms with Crippen molar-refractivity contribution in [1.82, 2.24) is 28.2 Å². The van der Waals surface area contributed by atoms with Gasteiger partial charge < -0.3 is 18.3 Å². The molecule has 0 atom stereocenters. The molecule has 0 aliphatic rings. The van der Waals surface area contributed by atoms with E-state index in [9.17, 15) is 0 Å². The van der Waals surface area contributed by atoms with Gasteiger partial charge in [0.25, 0.3) is 0 Å². The Labute approximate surface area is 436 Å². The van der Waals surface area contributed by atoms with Gasteiger partial charge in [-0.3, -0.25) is 0 Å². The number of hydrogen-bond donors (Lipinski definition) is 0. The van der Waals surface area contributed by atoms with Gasteiger partial charge in [-0.25, -0.2) is 9.97 Å². The number of para-hydroxylation sites is 5. The number of benzene rings is 11. The highest BCUT2D eigenvalue weighted by Crippen LogP contribution is 2.46. The SMILES string of the molecule is c1ccc(-c2cc(-c3ccc4c(c3)c3ccc5c(c6ccccc6n5-c5ccc6c(c5)c5c(ccc7c8ccccc8n(-c8ccccc8)c75)n6-c5ccccc5)c3n4-c3ccccc3)nc(-c3ccccc3)n2)cc1. The Morgan fingerprint density at radius 1 is 0.224 bits per heavy atom. The molecule has 0 fully saturated rings. The third kappa shape index (κ3) is 6.28. The highest BCUT2D eigenvalue weighted by Gasteiger charge is 2.25. The molecule has 5 heterocycles. The van der Waals surface area contributed by atoms with Crippen molar-refractivity contribution in [3.05, 3.63) is 267 Å². The lowest BCUT2D eigenvalue weighted by Crippen LogP contribution is -1.96. The molecule has 0 unspecified atom stereocenters. The third-order valence-electron chi connectivity index (χ3n) is 15.5. The summed E-state index contributed by atoms with van der Waals surface area (Å²) in [5, 5.41) is 9.60. The molecule has 0 saturated carbocycles. The van der Waals surface area contributed by atoms with Crippen molar-refractivity contribution in [2.24, 2.45) is 0 Å². The Kier molecular flexibility index (Phi) is 9.23. The first-order valence-corrected chi connectivity index (χ1v) is 25.9. The van der Waals surface area contributed by atoms with Gasteiger partial charge in [0, 0.05) is 82.5 Å². The molecule has 0 aliphatic carbocycles. The Bertz CT molecular complexity index is 4890. The summed E-state index contributed by atoms with van der Waals surface area (Å²) in [4.78, 5) is 10.4. The van der Waals surface area contributed by atoms with E-state index in [0.717, 1.165) is 83.8 Å². The number of aromatic nitrogens is 6. The molecule has 5 aromatic heterocycles. The molecule has 354 valence electrons. The summed E-state index contributed by atoms with van der Waals surface area (Å²) in [6.07, 6.45) is 0. The maximum Gasteiger partial charge on any atom is 0.160 e. The van der Waals surface area contributed by atoms with E-state index < -0.39 is 0 Å². The zero-order valence-corrected chi connectivity index (χ0v) is 41.1. The minimum atomic E-state index is 0.698. The van der Waals surface area contributed by atoms with Gasteiger partial charge in [0.1, 0.15) is 0 Å². The zero-order chi connectivity index (χ0) is 49.8. The maximum absolute atomic E-state index is 5.26. The molecule has 0 radical (unpaired) electrons. The minimum absolute atomic E-state index is 0.698. The van der Waals surface area contributed by atoms with Crippen LogP contribution in [0, 0.1) is 0 Å². The van der Waals surface area contributed by atoms with Crippen LogP contribution in [-0.4, -0.2) is 28.2 Å². The summed E-state index contributed by atoms with van der Waals surface area (Å²) >= 11 is 0. The van der Waals surface area contributed by atoms with Gasteiger partial charge in [-0.05, 0) is 97.1 Å². The second-order valence-corrected chi connectivity index (χ2v) is 19.7. The van der Waals surface area contributed by atoms with E-state index in [1.54, 1.807) is 0 Å². The molecule has 0 bridgehead atoms. The maximum atomic E-state index is 5.26. The predicted molar refractivity (Wildman–Crippen MR) is 316 cm³/mol. The average molecular weight is 969 g/mol. The number of hydrogen-bond acceptors (Lipinski definition) is 2. The second kappa shape index (κ2) is 16.6. The topological polar surface area (TPSA) is 45.5 Å². The quantitative estimate of drug-likeness (QED) is 0.160. The fourth-order valence-electron chi connectivity index (χ4n) is 12.3. The summed E-state index contributed by atoms with van der Waals surface area (Å²) in [5.74, 6) is 0.698. The summed E-state index contributed by atoms with van der Waals surface area (Å²) in [6, 6.07) is 96.2. The van der Waals surface area contributed by atoms with Gasteiger partial charge in [0.15, 0.2) is 5.82 Å². The highest BCUT2D eigenvalue weighted by atomic mass is 15.0. The van der Waals surface area contributed by atoms with Crippen molar-refractivity contribution in [3.63, 3.8) is 0 Å². The molecule has 0 amide bonds. The smallest absolute Gasteiger partial charge is 0.160 e. The van der Waals surface area contributed by atoms with Crippen molar-refractivity contribution in [2.75, 3.05) is 0 Å². The lowest BCUT2D eigenvalue weighted by molar-refractivity contribution is 1.16. The van der Waals surface area contributed by atoms with E-state index in [4.69, 9.17) is 9.97 Å². The zero-order valence-electron chi connectivity index (χ0n) is 41.1. The molecule has 16 rings (SSSR count). The molecule has 76 heavy (non-hydrogen) atoms. The molecule has 6 heteroatoms. The van der Waals surface area contributed by atoms with E-state index in [1.165, 1.54) is 54.3 Å². The van der Waals surface area contributed by atoms with Gasteiger partial charge in [0.05, 0.1) is 55.5 Å². The highest BCUT2D eigenvalue weighted by molar-refractivity contribution is 6.28. The van der Waals surface area contributed by atoms with Crippen molar-refractivity contribution in [2.45, 2.75) is 0 Å². The van der Waals surface area contributed by atoms with Crippen molar-refractivity contribution >= 4 is 87.2 Å². The second-order valence-electron chi connectivity index (χ2n) is 19.7. The molecule has 11 aromatic carbocycles. The first-order valence-electron chi connectivity index (χ1n) is 25.9. The van der Waals surface area contributed by atoms with Crippen molar-refractivity contribution in [1.29, 1.82) is 0 Å². The largest absolute Gasteiger partial charge is 0.309 e. The predicted octanol–water partition coefficient (Wildman–Crippen LogP) is 17.9. The van der Waals surface area contributed by atoms with E-state index in [1.807, 2.05) is 24.3 Å².